The summed E-state index contributed by atoms with van der Waals surface area (Å²) in [7, 11) is 0. The fourth-order valence-corrected chi connectivity index (χ4v) is 1.70. The van der Waals surface area contributed by atoms with E-state index in [1.807, 2.05) is 6.92 Å². The first-order chi connectivity index (χ1) is 6.06. The van der Waals surface area contributed by atoms with Crippen LogP contribution in [0.2, 0.25) is 0 Å². The zero-order chi connectivity index (χ0) is 10.0. The standard InChI is InChI=1S/C8H9IN2O2/c1-5-6(4-10)2-7(11(12)13)3-8(5)9/h2-3H,4,10H2,1H3. The van der Waals surface area contributed by atoms with Gasteiger partial charge in [0.15, 0.2) is 0 Å². The molecule has 5 heteroatoms. The third kappa shape index (κ3) is 2.16. The number of rotatable bonds is 2. The molecule has 0 heterocycles. The Hall–Kier alpha value is -0.690. The monoisotopic (exact) mass is 292 g/mol. The topological polar surface area (TPSA) is 69.2 Å². The summed E-state index contributed by atoms with van der Waals surface area (Å²) in [5, 5.41) is 10.5. The molecule has 2 N–H and O–H groups in total. The predicted molar refractivity (Wildman–Crippen MR) is 58.4 cm³/mol. The second-order valence-electron chi connectivity index (χ2n) is 2.67. The minimum absolute atomic E-state index is 0.107. The van der Waals surface area contributed by atoms with Crippen LogP contribution in [0.15, 0.2) is 12.1 Å². The largest absolute Gasteiger partial charge is 0.326 e. The maximum Gasteiger partial charge on any atom is 0.270 e. The highest BCUT2D eigenvalue weighted by Crippen LogP contribution is 2.22. The van der Waals surface area contributed by atoms with Crippen LogP contribution in [0.5, 0.6) is 0 Å². The molecule has 70 valence electrons. The highest BCUT2D eigenvalue weighted by atomic mass is 127. The lowest BCUT2D eigenvalue weighted by atomic mass is 10.1. The summed E-state index contributed by atoms with van der Waals surface area (Å²) >= 11 is 2.07. The lowest BCUT2D eigenvalue weighted by Crippen LogP contribution is -2.02. The molecule has 0 aliphatic rings. The van der Waals surface area contributed by atoms with Crippen LogP contribution in [0.4, 0.5) is 5.69 Å². The van der Waals surface area contributed by atoms with Gasteiger partial charge in [-0.1, -0.05) is 0 Å². The number of nitrogens with zero attached hydrogens (tertiary/aromatic N) is 1. The van der Waals surface area contributed by atoms with Crippen LogP contribution in [0, 0.1) is 20.6 Å². The fourth-order valence-electron chi connectivity index (χ4n) is 1.04. The first-order valence-corrected chi connectivity index (χ1v) is 4.77. The van der Waals surface area contributed by atoms with Gasteiger partial charge in [0.05, 0.1) is 4.92 Å². The van der Waals surface area contributed by atoms with Gasteiger partial charge in [-0.05, 0) is 40.6 Å². The molecule has 0 bridgehead atoms. The highest BCUT2D eigenvalue weighted by molar-refractivity contribution is 14.1. The smallest absolute Gasteiger partial charge is 0.270 e. The van der Waals surface area contributed by atoms with Crippen LogP contribution in [-0.2, 0) is 6.54 Å². The van der Waals surface area contributed by atoms with Crippen molar-refractivity contribution in [2.45, 2.75) is 13.5 Å². The van der Waals surface area contributed by atoms with Gasteiger partial charge >= 0.3 is 0 Å². The van der Waals surface area contributed by atoms with Crippen molar-refractivity contribution in [3.8, 4) is 0 Å². The Morgan fingerprint density at radius 3 is 2.69 bits per heavy atom. The third-order valence-corrected chi connectivity index (χ3v) is 2.99. The van der Waals surface area contributed by atoms with E-state index in [9.17, 15) is 10.1 Å². The maximum absolute atomic E-state index is 10.5. The van der Waals surface area contributed by atoms with E-state index >= 15 is 0 Å². The Labute approximate surface area is 89.4 Å². The van der Waals surface area contributed by atoms with Gasteiger partial charge in [0, 0.05) is 22.2 Å². The Morgan fingerprint density at radius 1 is 1.62 bits per heavy atom. The Morgan fingerprint density at radius 2 is 2.23 bits per heavy atom. The zero-order valence-electron chi connectivity index (χ0n) is 7.08. The van der Waals surface area contributed by atoms with Crippen molar-refractivity contribution in [3.05, 3.63) is 36.9 Å². The number of nitro groups is 1. The molecule has 1 aromatic rings. The number of nitro benzene ring substituents is 1. The van der Waals surface area contributed by atoms with E-state index in [4.69, 9.17) is 5.73 Å². The molecule has 1 rings (SSSR count). The van der Waals surface area contributed by atoms with Crippen LogP contribution in [-0.4, -0.2) is 4.92 Å². The van der Waals surface area contributed by atoms with Gasteiger partial charge in [0.2, 0.25) is 0 Å². The van der Waals surface area contributed by atoms with Gasteiger partial charge in [0.1, 0.15) is 0 Å². The second-order valence-corrected chi connectivity index (χ2v) is 3.84. The number of halogens is 1. The summed E-state index contributed by atoms with van der Waals surface area (Å²) in [4.78, 5) is 10.1. The summed E-state index contributed by atoms with van der Waals surface area (Å²) < 4.78 is 0.882. The summed E-state index contributed by atoms with van der Waals surface area (Å²) in [6, 6.07) is 3.08. The molecule has 1 aromatic carbocycles. The summed E-state index contributed by atoms with van der Waals surface area (Å²) in [5.41, 5.74) is 7.42. The van der Waals surface area contributed by atoms with Crippen LogP contribution in [0.1, 0.15) is 11.1 Å². The molecule has 0 aliphatic carbocycles. The van der Waals surface area contributed by atoms with Gasteiger partial charge in [-0.2, -0.15) is 0 Å². The quantitative estimate of drug-likeness (QED) is 0.514. The Bertz CT molecular complexity index is 352. The molecule has 0 saturated carbocycles. The van der Waals surface area contributed by atoms with Crippen molar-refractivity contribution in [1.29, 1.82) is 0 Å². The van der Waals surface area contributed by atoms with Crippen molar-refractivity contribution in [1.82, 2.24) is 0 Å². The number of hydrogen-bond acceptors (Lipinski definition) is 3. The van der Waals surface area contributed by atoms with Crippen molar-refractivity contribution in [3.63, 3.8) is 0 Å². The van der Waals surface area contributed by atoms with E-state index in [0.29, 0.717) is 6.54 Å². The molecule has 0 saturated heterocycles. The van der Waals surface area contributed by atoms with Crippen LogP contribution >= 0.6 is 22.6 Å². The molecule has 0 amide bonds. The summed E-state index contributed by atoms with van der Waals surface area (Å²) in [5.74, 6) is 0. The lowest BCUT2D eigenvalue weighted by molar-refractivity contribution is -0.385. The number of non-ortho nitro benzene ring substituents is 1. The van der Waals surface area contributed by atoms with Gasteiger partial charge in [-0.15, -0.1) is 0 Å². The average molecular weight is 292 g/mol. The van der Waals surface area contributed by atoms with Crippen LogP contribution < -0.4 is 5.73 Å². The van der Waals surface area contributed by atoms with E-state index in [1.54, 1.807) is 6.07 Å². The molecule has 13 heavy (non-hydrogen) atoms. The normalized spacial score (nSPS) is 10.1. The van der Waals surface area contributed by atoms with E-state index in [0.717, 1.165) is 14.7 Å². The highest BCUT2D eigenvalue weighted by Gasteiger charge is 2.11. The second kappa shape index (κ2) is 4.01. The van der Waals surface area contributed by atoms with E-state index in [1.165, 1.54) is 6.07 Å². The van der Waals surface area contributed by atoms with E-state index < -0.39 is 4.92 Å². The number of hydrogen-bond donors (Lipinski definition) is 1. The van der Waals surface area contributed by atoms with Crippen molar-refractivity contribution in [2.24, 2.45) is 5.73 Å². The Kier molecular flexibility index (Phi) is 3.21. The molecule has 0 aromatic heterocycles. The maximum atomic E-state index is 10.5. The number of nitrogens with two attached hydrogens (primary N) is 1. The lowest BCUT2D eigenvalue weighted by Gasteiger charge is -2.04. The Balaban J connectivity index is 3.30. The summed E-state index contributed by atoms with van der Waals surface area (Å²) in [6.07, 6.45) is 0. The molecule has 0 fully saturated rings. The fraction of sp³-hybridized carbons (Fsp3) is 0.250. The zero-order valence-corrected chi connectivity index (χ0v) is 9.24. The minimum Gasteiger partial charge on any atom is -0.326 e. The third-order valence-electron chi connectivity index (χ3n) is 1.87. The molecule has 0 unspecified atom stereocenters. The molecule has 0 radical (unpaired) electrons. The molecular formula is C8H9IN2O2. The molecule has 0 atom stereocenters. The molecule has 4 nitrogen and oxygen atoms in total. The van der Waals surface area contributed by atoms with E-state index in [-0.39, 0.29) is 5.69 Å². The first-order valence-electron chi connectivity index (χ1n) is 3.69. The van der Waals surface area contributed by atoms with Crippen molar-refractivity contribution < 1.29 is 4.92 Å². The average Bonchev–Trinajstić information content (AvgIpc) is 2.09. The predicted octanol–water partition coefficient (Wildman–Crippen LogP) is 1.97. The summed E-state index contributed by atoms with van der Waals surface area (Å²) in [6.45, 7) is 2.25. The SMILES string of the molecule is Cc1c(I)cc([N+](=O)[O-])cc1CN. The van der Waals surface area contributed by atoms with Gasteiger partial charge in [-0.3, -0.25) is 10.1 Å². The van der Waals surface area contributed by atoms with Gasteiger partial charge in [0.25, 0.3) is 5.69 Å². The molecule has 0 aliphatic heterocycles. The van der Waals surface area contributed by atoms with Gasteiger partial charge in [-0.25, -0.2) is 0 Å². The molecular weight excluding hydrogens is 283 g/mol. The number of benzene rings is 1. The first kappa shape index (κ1) is 10.4. The van der Waals surface area contributed by atoms with Gasteiger partial charge < -0.3 is 5.73 Å². The van der Waals surface area contributed by atoms with E-state index in [2.05, 4.69) is 22.6 Å². The minimum atomic E-state index is -0.402. The van der Waals surface area contributed by atoms with Crippen LogP contribution in [0.3, 0.4) is 0 Å². The van der Waals surface area contributed by atoms with Crippen molar-refractivity contribution in [2.75, 3.05) is 0 Å². The molecule has 0 spiro atoms. The van der Waals surface area contributed by atoms with Crippen LogP contribution in [0.25, 0.3) is 0 Å². The van der Waals surface area contributed by atoms with Crippen molar-refractivity contribution >= 4 is 28.3 Å².